The summed E-state index contributed by atoms with van der Waals surface area (Å²) in [7, 11) is 0. The summed E-state index contributed by atoms with van der Waals surface area (Å²) in [6.45, 7) is 0. The molecule has 0 radical (unpaired) electrons. The Morgan fingerprint density at radius 1 is 1.14 bits per heavy atom. The van der Waals surface area contributed by atoms with Crippen molar-refractivity contribution in [3.8, 4) is 17.0 Å². The Balaban J connectivity index is 0.000000845. The maximum absolute atomic E-state index is 9.40. The molecule has 76 valence electrons. The largest absolute Gasteiger partial charge is 0.507 e. The lowest BCUT2D eigenvalue weighted by Gasteiger charge is -1.97. The van der Waals surface area contributed by atoms with Gasteiger partial charge in [0.15, 0.2) is 0 Å². The van der Waals surface area contributed by atoms with E-state index in [4.69, 9.17) is 0 Å². The van der Waals surface area contributed by atoms with Crippen LogP contribution < -0.4 is 0 Å². The lowest BCUT2D eigenvalue weighted by Crippen LogP contribution is -1.77. The maximum Gasteiger partial charge on any atom is 0.125 e. The van der Waals surface area contributed by atoms with Gasteiger partial charge in [-0.15, -0.1) is 24.8 Å². The number of aromatic hydroxyl groups is 1. The number of rotatable bonds is 1. The predicted molar refractivity (Wildman–Crippen MR) is 58.0 cm³/mol. The van der Waals surface area contributed by atoms with E-state index in [1.807, 2.05) is 6.07 Å². The molecular formula is C8H9Cl2N3O. The van der Waals surface area contributed by atoms with Crippen LogP contribution in [0.3, 0.4) is 0 Å². The second-order valence-electron chi connectivity index (χ2n) is 2.37. The van der Waals surface area contributed by atoms with Crippen LogP contribution in [0.25, 0.3) is 11.3 Å². The lowest BCUT2D eigenvalue weighted by molar-refractivity contribution is 0.477. The van der Waals surface area contributed by atoms with E-state index in [1.54, 1.807) is 24.4 Å². The molecule has 0 spiro atoms. The second kappa shape index (κ2) is 5.47. The summed E-state index contributed by atoms with van der Waals surface area (Å²) in [5.74, 6) is 0.214. The summed E-state index contributed by atoms with van der Waals surface area (Å²) >= 11 is 0. The highest BCUT2D eigenvalue weighted by Gasteiger charge is 2.04. The van der Waals surface area contributed by atoms with Crippen molar-refractivity contribution in [2.45, 2.75) is 0 Å². The first kappa shape index (κ1) is 12.7. The third kappa shape index (κ3) is 2.37. The molecule has 4 nitrogen and oxygen atoms in total. The van der Waals surface area contributed by atoms with Crippen molar-refractivity contribution in [2.24, 2.45) is 0 Å². The molecule has 0 bridgehead atoms. The number of halogens is 2. The summed E-state index contributed by atoms with van der Waals surface area (Å²) in [4.78, 5) is 0. The Morgan fingerprint density at radius 3 is 2.43 bits per heavy atom. The van der Waals surface area contributed by atoms with E-state index < -0.39 is 0 Å². The van der Waals surface area contributed by atoms with Crippen molar-refractivity contribution in [3.05, 3.63) is 30.5 Å². The van der Waals surface area contributed by atoms with Gasteiger partial charge in [0.05, 0.1) is 6.20 Å². The van der Waals surface area contributed by atoms with Crippen molar-refractivity contribution in [1.29, 1.82) is 0 Å². The molecule has 0 fully saturated rings. The Bertz CT molecular complexity index is 378. The molecular weight excluding hydrogens is 225 g/mol. The highest BCUT2D eigenvalue weighted by atomic mass is 35.5. The second-order valence-corrected chi connectivity index (χ2v) is 2.37. The van der Waals surface area contributed by atoms with E-state index in [0.717, 1.165) is 0 Å². The van der Waals surface area contributed by atoms with E-state index in [0.29, 0.717) is 11.3 Å². The van der Waals surface area contributed by atoms with Gasteiger partial charge in [-0.3, -0.25) is 0 Å². The van der Waals surface area contributed by atoms with Crippen LogP contribution in [-0.4, -0.2) is 20.5 Å². The molecule has 14 heavy (non-hydrogen) atoms. The van der Waals surface area contributed by atoms with Crippen LogP contribution in [0.4, 0.5) is 0 Å². The van der Waals surface area contributed by atoms with Crippen molar-refractivity contribution in [3.63, 3.8) is 0 Å². The van der Waals surface area contributed by atoms with Crippen LogP contribution in [0, 0.1) is 0 Å². The Labute approximate surface area is 93.2 Å². The molecule has 1 heterocycles. The molecule has 1 aromatic carbocycles. The molecule has 2 rings (SSSR count). The fourth-order valence-corrected chi connectivity index (χ4v) is 1.02. The Hall–Kier alpha value is -1.26. The van der Waals surface area contributed by atoms with Crippen LogP contribution in [0.5, 0.6) is 5.75 Å². The van der Waals surface area contributed by atoms with Crippen LogP contribution in [0.2, 0.25) is 0 Å². The van der Waals surface area contributed by atoms with Gasteiger partial charge in [-0.25, -0.2) is 0 Å². The quantitative estimate of drug-likeness (QED) is 0.793. The number of phenols is 1. The first-order valence-electron chi connectivity index (χ1n) is 3.52. The number of hydrogen-bond donors (Lipinski definition) is 2. The van der Waals surface area contributed by atoms with E-state index in [9.17, 15) is 5.11 Å². The molecule has 0 atom stereocenters. The van der Waals surface area contributed by atoms with Crippen molar-refractivity contribution >= 4 is 24.8 Å². The summed E-state index contributed by atoms with van der Waals surface area (Å²) in [5.41, 5.74) is 1.33. The van der Waals surface area contributed by atoms with Crippen LogP contribution in [0.1, 0.15) is 0 Å². The number of aromatic amines is 1. The smallest absolute Gasteiger partial charge is 0.125 e. The van der Waals surface area contributed by atoms with E-state index in [2.05, 4.69) is 15.4 Å². The molecule has 0 aliphatic heterocycles. The molecule has 0 aliphatic rings. The number of benzene rings is 1. The molecule has 6 heteroatoms. The van der Waals surface area contributed by atoms with Gasteiger partial charge in [-0.2, -0.15) is 15.4 Å². The zero-order valence-corrected chi connectivity index (χ0v) is 8.68. The van der Waals surface area contributed by atoms with Crippen molar-refractivity contribution in [1.82, 2.24) is 15.4 Å². The number of nitrogens with zero attached hydrogens (tertiary/aromatic N) is 2. The zero-order valence-electron chi connectivity index (χ0n) is 7.04. The van der Waals surface area contributed by atoms with Gasteiger partial charge in [-0.05, 0) is 12.1 Å². The average Bonchev–Trinajstić information content (AvgIpc) is 2.57. The normalized spacial score (nSPS) is 8.57. The van der Waals surface area contributed by atoms with Crippen LogP contribution in [-0.2, 0) is 0 Å². The molecule has 2 N–H and O–H groups in total. The fraction of sp³-hybridized carbons (Fsp3) is 0. The van der Waals surface area contributed by atoms with Gasteiger partial charge >= 0.3 is 0 Å². The van der Waals surface area contributed by atoms with Gasteiger partial charge in [-0.1, -0.05) is 12.1 Å². The third-order valence-electron chi connectivity index (χ3n) is 1.60. The monoisotopic (exact) mass is 233 g/mol. The predicted octanol–water partition coefficient (Wildman–Crippen LogP) is 2.02. The number of para-hydroxylation sites is 1. The first-order chi connectivity index (χ1) is 5.88. The number of phenolic OH excluding ortho intramolecular Hbond substituents is 1. The fourth-order valence-electron chi connectivity index (χ4n) is 1.02. The standard InChI is InChI=1S/C8H7N3O.2ClH/c12-8-4-2-1-3-6(8)7-5-9-11-10-7;;/h1-5,12H,(H,9,10,11);2*1H. The first-order valence-corrected chi connectivity index (χ1v) is 3.52. The Kier molecular flexibility index (Phi) is 4.97. The van der Waals surface area contributed by atoms with E-state index in [1.165, 1.54) is 0 Å². The maximum atomic E-state index is 9.40. The van der Waals surface area contributed by atoms with Gasteiger partial charge in [0.1, 0.15) is 11.4 Å². The zero-order chi connectivity index (χ0) is 8.39. The number of nitrogens with one attached hydrogen (secondary N) is 1. The minimum Gasteiger partial charge on any atom is -0.507 e. The summed E-state index contributed by atoms with van der Waals surface area (Å²) in [6, 6.07) is 7.00. The Morgan fingerprint density at radius 2 is 1.86 bits per heavy atom. The van der Waals surface area contributed by atoms with Gasteiger partial charge in [0, 0.05) is 5.56 Å². The molecule has 0 unspecified atom stereocenters. The molecule has 0 amide bonds. The number of hydrogen-bond acceptors (Lipinski definition) is 3. The average molecular weight is 234 g/mol. The van der Waals surface area contributed by atoms with Crippen molar-refractivity contribution in [2.75, 3.05) is 0 Å². The minimum absolute atomic E-state index is 0. The molecule has 2 aromatic rings. The van der Waals surface area contributed by atoms with E-state index in [-0.39, 0.29) is 30.6 Å². The summed E-state index contributed by atoms with van der Waals surface area (Å²) in [6.07, 6.45) is 1.56. The van der Waals surface area contributed by atoms with Crippen LogP contribution in [0.15, 0.2) is 30.5 Å². The molecule has 1 aromatic heterocycles. The topological polar surface area (TPSA) is 61.8 Å². The number of H-pyrrole nitrogens is 1. The minimum atomic E-state index is 0. The third-order valence-corrected chi connectivity index (χ3v) is 1.60. The highest BCUT2D eigenvalue weighted by Crippen LogP contribution is 2.25. The SMILES string of the molecule is Cl.Cl.Oc1ccccc1-c1cn[nH]n1. The molecule has 0 saturated heterocycles. The van der Waals surface area contributed by atoms with Gasteiger partial charge < -0.3 is 5.11 Å². The van der Waals surface area contributed by atoms with Crippen molar-refractivity contribution < 1.29 is 5.11 Å². The van der Waals surface area contributed by atoms with Gasteiger partial charge in [0.25, 0.3) is 0 Å². The summed E-state index contributed by atoms with van der Waals surface area (Å²) < 4.78 is 0. The molecule has 0 aliphatic carbocycles. The van der Waals surface area contributed by atoms with Gasteiger partial charge in [0.2, 0.25) is 0 Å². The lowest BCUT2D eigenvalue weighted by atomic mass is 10.1. The number of aromatic nitrogens is 3. The molecule has 0 saturated carbocycles. The van der Waals surface area contributed by atoms with Crippen LogP contribution >= 0.6 is 24.8 Å². The van der Waals surface area contributed by atoms with E-state index >= 15 is 0 Å². The highest BCUT2D eigenvalue weighted by molar-refractivity contribution is 5.85. The summed E-state index contributed by atoms with van der Waals surface area (Å²) in [5, 5.41) is 19.4.